The van der Waals surface area contributed by atoms with Crippen molar-refractivity contribution in [1.82, 2.24) is 10.3 Å². The standard InChI is InChI=1S/C24H30N2O3/c1-2-22-11-17-12-23(14-22,16-24(28,13-17)15-22)21(27)26-9-10-29-19-7-3-5-18-6-4-8-25-20(18)19/h3-8,17,28H,2,9-16H2,1H3,(H,26,27). The average Bonchev–Trinajstić information content (AvgIpc) is 2.69. The first-order valence-corrected chi connectivity index (χ1v) is 10.9. The summed E-state index contributed by atoms with van der Waals surface area (Å²) in [5, 5.41) is 15.3. The van der Waals surface area contributed by atoms with Crippen molar-refractivity contribution >= 4 is 16.8 Å². The first kappa shape index (κ1) is 18.9. The zero-order valence-electron chi connectivity index (χ0n) is 17.1. The highest BCUT2D eigenvalue weighted by Gasteiger charge is 2.64. The van der Waals surface area contributed by atoms with Crippen LogP contribution in [-0.4, -0.2) is 34.8 Å². The summed E-state index contributed by atoms with van der Waals surface area (Å²) in [6, 6.07) is 9.81. The molecule has 29 heavy (non-hydrogen) atoms. The number of aromatic nitrogens is 1. The number of nitrogens with zero attached hydrogens (tertiary/aromatic N) is 1. The number of nitrogens with one attached hydrogen (secondary N) is 1. The molecular weight excluding hydrogens is 364 g/mol. The molecule has 6 rings (SSSR count). The van der Waals surface area contributed by atoms with Gasteiger partial charge in [0.25, 0.3) is 0 Å². The third-order valence-corrected chi connectivity index (χ3v) is 7.63. The molecule has 1 amide bonds. The normalized spacial score (nSPS) is 35.0. The first-order valence-electron chi connectivity index (χ1n) is 10.9. The van der Waals surface area contributed by atoms with Gasteiger partial charge in [0.05, 0.1) is 17.6 Å². The van der Waals surface area contributed by atoms with Crippen LogP contribution >= 0.6 is 0 Å². The van der Waals surface area contributed by atoms with Gasteiger partial charge in [0, 0.05) is 11.6 Å². The Morgan fingerprint density at radius 1 is 1.21 bits per heavy atom. The topological polar surface area (TPSA) is 71.5 Å². The minimum Gasteiger partial charge on any atom is -0.489 e. The molecule has 2 N–H and O–H groups in total. The lowest BCUT2D eigenvalue weighted by Crippen LogP contribution is -2.63. The Morgan fingerprint density at radius 2 is 2.07 bits per heavy atom. The molecule has 5 nitrogen and oxygen atoms in total. The molecule has 4 unspecified atom stereocenters. The van der Waals surface area contributed by atoms with Crippen molar-refractivity contribution < 1.29 is 14.6 Å². The van der Waals surface area contributed by atoms with Crippen LogP contribution in [0.15, 0.2) is 36.5 Å². The quantitative estimate of drug-likeness (QED) is 0.730. The number of hydrogen-bond acceptors (Lipinski definition) is 4. The maximum absolute atomic E-state index is 13.2. The van der Waals surface area contributed by atoms with E-state index in [1.54, 1.807) is 6.20 Å². The molecule has 4 fully saturated rings. The van der Waals surface area contributed by atoms with Crippen LogP contribution in [-0.2, 0) is 4.79 Å². The van der Waals surface area contributed by atoms with Gasteiger partial charge in [-0.1, -0.05) is 31.5 Å². The first-order chi connectivity index (χ1) is 13.9. The number of aliphatic hydroxyl groups is 1. The van der Waals surface area contributed by atoms with E-state index in [-0.39, 0.29) is 11.3 Å². The van der Waals surface area contributed by atoms with Gasteiger partial charge in [0.2, 0.25) is 5.91 Å². The highest BCUT2D eigenvalue weighted by molar-refractivity contribution is 5.84. The summed E-state index contributed by atoms with van der Waals surface area (Å²) in [5.74, 6) is 1.34. The van der Waals surface area contributed by atoms with Crippen LogP contribution in [0.25, 0.3) is 10.9 Å². The highest BCUT2D eigenvalue weighted by atomic mass is 16.5. The molecule has 2 aromatic rings. The van der Waals surface area contributed by atoms with Gasteiger partial charge in [-0.25, -0.2) is 0 Å². The number of para-hydroxylation sites is 1. The number of carbonyl (C=O) groups excluding carboxylic acids is 1. The van der Waals surface area contributed by atoms with E-state index < -0.39 is 11.0 Å². The van der Waals surface area contributed by atoms with Gasteiger partial charge >= 0.3 is 0 Å². The summed E-state index contributed by atoms with van der Waals surface area (Å²) in [7, 11) is 0. The van der Waals surface area contributed by atoms with E-state index in [4.69, 9.17) is 4.74 Å². The van der Waals surface area contributed by atoms with Gasteiger partial charge in [-0.15, -0.1) is 0 Å². The van der Waals surface area contributed by atoms with Crippen LogP contribution in [0.5, 0.6) is 5.75 Å². The Hall–Kier alpha value is -2.14. The second-order valence-corrected chi connectivity index (χ2v) is 9.80. The minimum absolute atomic E-state index is 0.109. The van der Waals surface area contributed by atoms with Crippen molar-refractivity contribution in [3.8, 4) is 5.75 Å². The number of hydrogen-bond donors (Lipinski definition) is 2. The Kier molecular flexibility index (Phi) is 4.35. The SMILES string of the molecule is CCC12CC3CC(O)(C1)CC(C(=O)NCCOc1cccc4cccnc14)(C3)C2. The number of carbonyl (C=O) groups is 1. The number of ether oxygens (including phenoxy) is 1. The molecule has 0 aliphatic heterocycles. The Labute approximate surface area is 171 Å². The molecule has 4 saturated carbocycles. The van der Waals surface area contributed by atoms with Crippen molar-refractivity contribution in [2.45, 2.75) is 57.5 Å². The number of rotatable bonds is 6. The molecule has 4 aliphatic carbocycles. The van der Waals surface area contributed by atoms with E-state index in [1.807, 2.05) is 30.3 Å². The molecule has 5 heteroatoms. The van der Waals surface area contributed by atoms with Gasteiger partial charge in [0.15, 0.2) is 0 Å². The Morgan fingerprint density at radius 3 is 2.90 bits per heavy atom. The molecule has 1 heterocycles. The molecule has 4 aliphatic rings. The van der Waals surface area contributed by atoms with E-state index in [0.717, 1.165) is 48.8 Å². The molecule has 0 saturated heterocycles. The maximum Gasteiger partial charge on any atom is 0.226 e. The van der Waals surface area contributed by atoms with Gasteiger partial charge in [0.1, 0.15) is 17.9 Å². The van der Waals surface area contributed by atoms with Crippen LogP contribution in [0.1, 0.15) is 51.9 Å². The zero-order valence-corrected chi connectivity index (χ0v) is 17.1. The molecule has 4 bridgehead atoms. The van der Waals surface area contributed by atoms with Crippen LogP contribution < -0.4 is 10.1 Å². The smallest absolute Gasteiger partial charge is 0.226 e. The highest BCUT2D eigenvalue weighted by Crippen LogP contribution is 2.67. The van der Waals surface area contributed by atoms with Gasteiger partial charge in [-0.2, -0.15) is 0 Å². The summed E-state index contributed by atoms with van der Waals surface area (Å²) in [6.07, 6.45) is 8.22. The van der Waals surface area contributed by atoms with Crippen LogP contribution in [0.3, 0.4) is 0 Å². The van der Waals surface area contributed by atoms with Gasteiger partial charge < -0.3 is 15.2 Å². The number of amides is 1. The van der Waals surface area contributed by atoms with E-state index in [1.165, 1.54) is 6.42 Å². The van der Waals surface area contributed by atoms with E-state index in [2.05, 4.69) is 17.2 Å². The molecule has 4 atom stereocenters. The van der Waals surface area contributed by atoms with Crippen LogP contribution in [0.4, 0.5) is 0 Å². The molecule has 1 aromatic heterocycles. The van der Waals surface area contributed by atoms with Crippen molar-refractivity contribution in [3.05, 3.63) is 36.5 Å². The molecule has 0 radical (unpaired) electrons. The third-order valence-electron chi connectivity index (χ3n) is 7.63. The zero-order chi connectivity index (χ0) is 20.1. The molecule has 154 valence electrons. The summed E-state index contributed by atoms with van der Waals surface area (Å²) in [6.45, 7) is 3.09. The minimum atomic E-state index is -0.641. The van der Waals surface area contributed by atoms with Crippen LogP contribution in [0, 0.1) is 16.7 Å². The molecule has 1 aromatic carbocycles. The number of pyridine rings is 1. The second-order valence-electron chi connectivity index (χ2n) is 9.80. The second kappa shape index (κ2) is 6.69. The summed E-state index contributed by atoms with van der Waals surface area (Å²) in [4.78, 5) is 17.6. The third kappa shape index (κ3) is 3.20. The predicted molar refractivity (Wildman–Crippen MR) is 112 cm³/mol. The molecular formula is C24H30N2O3. The summed E-state index contributed by atoms with van der Waals surface area (Å²) in [5.41, 5.74) is -0.0470. The van der Waals surface area contributed by atoms with E-state index in [0.29, 0.717) is 25.5 Å². The van der Waals surface area contributed by atoms with Gasteiger partial charge in [-0.3, -0.25) is 9.78 Å². The van der Waals surface area contributed by atoms with E-state index in [9.17, 15) is 9.90 Å². The molecule has 0 spiro atoms. The Bertz CT molecular complexity index is 941. The maximum atomic E-state index is 13.2. The Balaban J connectivity index is 1.23. The fourth-order valence-electron chi connectivity index (χ4n) is 6.94. The van der Waals surface area contributed by atoms with Crippen molar-refractivity contribution in [2.75, 3.05) is 13.2 Å². The number of benzene rings is 1. The van der Waals surface area contributed by atoms with Crippen molar-refractivity contribution in [1.29, 1.82) is 0 Å². The monoisotopic (exact) mass is 394 g/mol. The van der Waals surface area contributed by atoms with Crippen molar-refractivity contribution in [2.24, 2.45) is 16.7 Å². The van der Waals surface area contributed by atoms with Gasteiger partial charge in [-0.05, 0) is 62.0 Å². The lowest BCUT2D eigenvalue weighted by molar-refractivity contribution is -0.204. The van der Waals surface area contributed by atoms with Crippen molar-refractivity contribution in [3.63, 3.8) is 0 Å². The van der Waals surface area contributed by atoms with E-state index >= 15 is 0 Å². The predicted octanol–water partition coefficient (Wildman–Crippen LogP) is 3.84. The lowest BCUT2D eigenvalue weighted by atomic mass is 9.42. The summed E-state index contributed by atoms with van der Waals surface area (Å²) >= 11 is 0. The number of fused-ring (bicyclic) bond motifs is 1. The lowest BCUT2D eigenvalue weighted by Gasteiger charge is -2.64. The largest absolute Gasteiger partial charge is 0.489 e. The fourth-order valence-corrected chi connectivity index (χ4v) is 6.94. The fraction of sp³-hybridized carbons (Fsp3) is 0.583. The average molecular weight is 395 g/mol. The summed E-state index contributed by atoms with van der Waals surface area (Å²) < 4.78 is 5.92. The van der Waals surface area contributed by atoms with Crippen LogP contribution in [0.2, 0.25) is 0 Å².